The molecule has 2 aromatic carbocycles. The van der Waals surface area contributed by atoms with Gasteiger partial charge >= 0.3 is 5.97 Å². The number of nitriles is 1. The van der Waals surface area contributed by atoms with Crippen LogP contribution >= 0.6 is 0 Å². The maximum Gasteiger partial charge on any atom is 0.357 e. The molecule has 0 saturated heterocycles. The Hall–Kier alpha value is -4.05. The molecule has 0 aliphatic carbocycles. The first-order chi connectivity index (χ1) is 13.5. The zero-order valence-corrected chi connectivity index (χ0v) is 15.3. The standard InChI is InChI=1S/C21H16N4O3/c1-12-5-3-4-6-15(12)20-24-16-9-14(7-8-17(16)28-20)25-11-13(10-22)18(23)19(25)21(26)27-2/h3-9,11H,23H2,1-2H3. The number of nitrogens with two attached hydrogens (primary N) is 1. The fourth-order valence-electron chi connectivity index (χ4n) is 3.11. The number of hydrogen-bond donors (Lipinski definition) is 1. The number of nitrogen functional groups attached to an aromatic ring is 1. The highest BCUT2D eigenvalue weighted by Crippen LogP contribution is 2.30. The second-order valence-corrected chi connectivity index (χ2v) is 6.26. The molecule has 0 bridgehead atoms. The van der Waals surface area contributed by atoms with E-state index in [1.54, 1.807) is 18.2 Å². The van der Waals surface area contributed by atoms with Gasteiger partial charge in [0.05, 0.1) is 18.4 Å². The number of esters is 1. The van der Waals surface area contributed by atoms with Gasteiger partial charge in [-0.1, -0.05) is 18.2 Å². The van der Waals surface area contributed by atoms with Gasteiger partial charge in [0.25, 0.3) is 0 Å². The number of ether oxygens (including phenoxy) is 1. The quantitative estimate of drug-likeness (QED) is 0.548. The van der Waals surface area contributed by atoms with Crippen molar-refractivity contribution >= 4 is 22.8 Å². The third kappa shape index (κ3) is 2.68. The summed E-state index contributed by atoms with van der Waals surface area (Å²) in [5.74, 6) is -0.108. The lowest BCUT2D eigenvalue weighted by atomic mass is 10.1. The molecule has 0 fully saturated rings. The number of aryl methyl sites for hydroxylation is 1. The number of hydrogen-bond acceptors (Lipinski definition) is 6. The number of anilines is 1. The molecule has 7 nitrogen and oxygen atoms in total. The molecule has 2 N–H and O–H groups in total. The van der Waals surface area contributed by atoms with E-state index in [1.807, 2.05) is 37.3 Å². The van der Waals surface area contributed by atoms with Gasteiger partial charge in [-0.25, -0.2) is 9.78 Å². The van der Waals surface area contributed by atoms with Crippen LogP contribution < -0.4 is 5.73 Å². The second-order valence-electron chi connectivity index (χ2n) is 6.26. The zero-order valence-electron chi connectivity index (χ0n) is 15.3. The Kier molecular flexibility index (Phi) is 4.09. The maximum atomic E-state index is 12.2. The van der Waals surface area contributed by atoms with Crippen LogP contribution in [0.2, 0.25) is 0 Å². The van der Waals surface area contributed by atoms with Crippen molar-refractivity contribution in [3.63, 3.8) is 0 Å². The Morgan fingerprint density at radius 3 is 2.79 bits per heavy atom. The number of carbonyl (C=O) groups excluding carboxylic acids is 1. The molecule has 0 unspecified atom stereocenters. The van der Waals surface area contributed by atoms with Crippen molar-refractivity contribution in [2.24, 2.45) is 0 Å². The molecule has 28 heavy (non-hydrogen) atoms. The smallest absolute Gasteiger partial charge is 0.357 e. The highest BCUT2D eigenvalue weighted by atomic mass is 16.5. The van der Waals surface area contributed by atoms with Crippen LogP contribution in [0.1, 0.15) is 21.6 Å². The van der Waals surface area contributed by atoms with E-state index < -0.39 is 5.97 Å². The monoisotopic (exact) mass is 372 g/mol. The van der Waals surface area contributed by atoms with Gasteiger partial charge in [-0.3, -0.25) is 0 Å². The summed E-state index contributed by atoms with van der Waals surface area (Å²) in [7, 11) is 1.26. The normalized spacial score (nSPS) is 10.8. The summed E-state index contributed by atoms with van der Waals surface area (Å²) in [6.45, 7) is 1.99. The molecule has 0 radical (unpaired) electrons. The number of nitrogens with zero attached hydrogens (tertiary/aromatic N) is 3. The summed E-state index contributed by atoms with van der Waals surface area (Å²) in [6, 6.07) is 15.1. The first-order valence-electron chi connectivity index (χ1n) is 8.49. The minimum atomic E-state index is -0.625. The summed E-state index contributed by atoms with van der Waals surface area (Å²) in [5, 5.41) is 9.26. The van der Waals surface area contributed by atoms with Gasteiger partial charge in [0, 0.05) is 17.4 Å². The lowest BCUT2D eigenvalue weighted by molar-refractivity contribution is 0.0593. The number of aromatic nitrogens is 2. The molecule has 2 heterocycles. The van der Waals surface area contributed by atoms with Crippen molar-refractivity contribution in [3.8, 4) is 23.2 Å². The third-order valence-corrected chi connectivity index (χ3v) is 4.57. The van der Waals surface area contributed by atoms with Gasteiger partial charge in [-0.2, -0.15) is 5.26 Å². The van der Waals surface area contributed by atoms with Gasteiger partial charge in [0.1, 0.15) is 11.6 Å². The fourth-order valence-corrected chi connectivity index (χ4v) is 3.11. The minimum Gasteiger partial charge on any atom is -0.464 e. The number of benzene rings is 2. The van der Waals surface area contributed by atoms with Gasteiger partial charge in [0.15, 0.2) is 11.3 Å². The summed E-state index contributed by atoms with van der Waals surface area (Å²) in [4.78, 5) is 16.8. The summed E-state index contributed by atoms with van der Waals surface area (Å²) < 4.78 is 12.2. The highest BCUT2D eigenvalue weighted by molar-refractivity contribution is 5.96. The molecule has 4 rings (SSSR count). The molecule has 0 atom stereocenters. The van der Waals surface area contributed by atoms with E-state index in [2.05, 4.69) is 4.98 Å². The number of oxazole rings is 1. The Bertz CT molecular complexity index is 1260. The number of methoxy groups -OCH3 is 1. The first-order valence-corrected chi connectivity index (χ1v) is 8.49. The molecular weight excluding hydrogens is 356 g/mol. The summed E-state index contributed by atoms with van der Waals surface area (Å²) in [5.41, 5.74) is 10.1. The van der Waals surface area contributed by atoms with Crippen molar-refractivity contribution in [3.05, 3.63) is 65.5 Å². The van der Waals surface area contributed by atoms with Gasteiger partial charge in [-0.15, -0.1) is 0 Å². The van der Waals surface area contributed by atoms with E-state index in [1.165, 1.54) is 17.9 Å². The molecule has 138 valence electrons. The van der Waals surface area contributed by atoms with Crippen LogP contribution in [0.4, 0.5) is 5.69 Å². The molecule has 0 amide bonds. The second kappa shape index (κ2) is 6.59. The van der Waals surface area contributed by atoms with Crippen molar-refractivity contribution < 1.29 is 13.9 Å². The average Bonchev–Trinajstić information content (AvgIpc) is 3.27. The van der Waals surface area contributed by atoms with E-state index in [-0.39, 0.29) is 16.9 Å². The van der Waals surface area contributed by atoms with Crippen LogP contribution in [0, 0.1) is 18.3 Å². The molecule has 7 heteroatoms. The van der Waals surface area contributed by atoms with Crippen molar-refractivity contribution in [2.45, 2.75) is 6.92 Å². The van der Waals surface area contributed by atoms with Crippen LogP contribution in [0.25, 0.3) is 28.2 Å². The largest absolute Gasteiger partial charge is 0.464 e. The molecule has 0 aliphatic heterocycles. The SMILES string of the molecule is COC(=O)c1c(N)c(C#N)cn1-c1ccc2oc(-c3ccccc3C)nc2c1. The van der Waals surface area contributed by atoms with Gasteiger partial charge in [0.2, 0.25) is 5.89 Å². The topological polar surface area (TPSA) is 107 Å². The lowest BCUT2D eigenvalue weighted by Gasteiger charge is -2.08. The van der Waals surface area contributed by atoms with E-state index in [0.717, 1.165) is 11.1 Å². The molecule has 2 aromatic heterocycles. The maximum absolute atomic E-state index is 12.2. The van der Waals surface area contributed by atoms with Crippen LogP contribution in [0.15, 0.2) is 53.1 Å². The predicted octanol–water partition coefficient (Wildman–Crippen LogP) is 3.83. The highest BCUT2D eigenvalue weighted by Gasteiger charge is 2.22. The van der Waals surface area contributed by atoms with E-state index in [0.29, 0.717) is 22.7 Å². The number of rotatable bonds is 3. The van der Waals surface area contributed by atoms with Gasteiger partial charge < -0.3 is 19.5 Å². The van der Waals surface area contributed by atoms with E-state index in [9.17, 15) is 10.1 Å². The Balaban J connectivity index is 1.87. The van der Waals surface area contributed by atoms with Crippen molar-refractivity contribution in [1.29, 1.82) is 5.26 Å². The molecule has 0 aliphatic rings. The van der Waals surface area contributed by atoms with Crippen molar-refractivity contribution in [1.82, 2.24) is 9.55 Å². The number of carbonyl (C=O) groups is 1. The van der Waals surface area contributed by atoms with E-state index in [4.69, 9.17) is 14.9 Å². The first kappa shape index (κ1) is 17.4. The summed E-state index contributed by atoms with van der Waals surface area (Å²) in [6.07, 6.45) is 1.51. The Labute approximate surface area is 160 Å². The van der Waals surface area contributed by atoms with Crippen LogP contribution in [-0.4, -0.2) is 22.6 Å². The van der Waals surface area contributed by atoms with Crippen molar-refractivity contribution in [2.75, 3.05) is 12.8 Å². The van der Waals surface area contributed by atoms with Crippen LogP contribution in [0.5, 0.6) is 0 Å². The van der Waals surface area contributed by atoms with Crippen LogP contribution in [-0.2, 0) is 4.74 Å². The predicted molar refractivity (Wildman–Crippen MR) is 104 cm³/mol. The average molecular weight is 372 g/mol. The summed E-state index contributed by atoms with van der Waals surface area (Å²) >= 11 is 0. The fraction of sp³-hybridized carbons (Fsp3) is 0.0952. The van der Waals surface area contributed by atoms with Crippen LogP contribution in [0.3, 0.4) is 0 Å². The Morgan fingerprint density at radius 1 is 1.29 bits per heavy atom. The van der Waals surface area contributed by atoms with Gasteiger partial charge in [-0.05, 0) is 36.8 Å². The Morgan fingerprint density at radius 2 is 2.07 bits per heavy atom. The minimum absolute atomic E-state index is 0.0789. The molecule has 4 aromatic rings. The third-order valence-electron chi connectivity index (χ3n) is 4.57. The lowest BCUT2D eigenvalue weighted by Crippen LogP contribution is -2.11. The molecule has 0 saturated carbocycles. The molecular formula is C21H16N4O3. The number of fused-ring (bicyclic) bond motifs is 1. The molecule has 0 spiro atoms. The zero-order chi connectivity index (χ0) is 19.8. The van der Waals surface area contributed by atoms with E-state index >= 15 is 0 Å².